The number of rotatable bonds is 0. The van der Waals surface area contributed by atoms with Crippen LogP contribution in [0, 0.1) is 0 Å². The molecule has 0 aliphatic carbocycles. The highest BCUT2D eigenvalue weighted by Crippen LogP contribution is 2.36. The van der Waals surface area contributed by atoms with Crippen LogP contribution in [-0.4, -0.2) is 40.1 Å². The minimum Gasteiger partial charge on any atom is -0.329 e. The number of aromatic nitrogens is 5. The second kappa shape index (κ2) is 19.8. The number of carbonyl (C=O) groups is 1. The Morgan fingerprint density at radius 2 is 0.983 bits per heavy atom. The summed E-state index contributed by atoms with van der Waals surface area (Å²) in [6.07, 6.45) is 6.13. The number of hydrogen-bond acceptors (Lipinski definition) is 4. The average molecular weight is 797 g/mol. The third-order valence-corrected chi connectivity index (χ3v) is 9.44. The molecule has 7 heteroatoms. The van der Waals surface area contributed by atoms with Gasteiger partial charge in [-0.15, -0.1) is 0 Å². The summed E-state index contributed by atoms with van der Waals surface area (Å²) in [6, 6.07) is 14.4. The van der Waals surface area contributed by atoms with Gasteiger partial charge in [0.15, 0.2) is 0 Å². The van der Waals surface area contributed by atoms with Crippen LogP contribution in [0.4, 0.5) is 0 Å². The quantitative estimate of drug-likeness (QED) is 0.156. The average Bonchev–Trinajstić information content (AvgIpc) is 3.85. The molecule has 1 aromatic carbocycles. The fourth-order valence-corrected chi connectivity index (χ4v) is 6.40. The van der Waals surface area contributed by atoms with Crippen molar-refractivity contribution in [2.24, 2.45) is 0 Å². The zero-order valence-corrected chi connectivity index (χ0v) is 41.6. The summed E-state index contributed by atoms with van der Waals surface area (Å²) in [5.74, 6) is 1.22. The predicted octanol–water partition coefficient (Wildman–Crippen LogP) is 14.1. The number of benzene rings is 1. The maximum Gasteiger partial charge on any atom is 0.254 e. The van der Waals surface area contributed by atoms with E-state index in [1.165, 1.54) is 16.8 Å². The normalized spacial score (nSPS) is 13.1. The van der Waals surface area contributed by atoms with Crippen LogP contribution in [0.5, 0.6) is 0 Å². The Balaban J connectivity index is 0.000000408. The van der Waals surface area contributed by atoms with Gasteiger partial charge in [0.05, 0.1) is 11.4 Å². The number of hydrogen-bond donors (Lipinski definition) is 0. The van der Waals surface area contributed by atoms with E-state index in [4.69, 9.17) is 4.98 Å². The molecule has 0 unspecified atom stereocenters. The van der Waals surface area contributed by atoms with Crippen molar-refractivity contribution in [3.63, 3.8) is 0 Å². The van der Waals surface area contributed by atoms with E-state index in [0.29, 0.717) is 0 Å². The minimum absolute atomic E-state index is 0.0232. The Hall–Kier alpha value is -4.00. The second-order valence-corrected chi connectivity index (χ2v) is 20.5. The lowest BCUT2D eigenvalue weighted by Gasteiger charge is -2.32. The molecule has 5 heterocycles. The van der Waals surface area contributed by atoms with E-state index < -0.39 is 0 Å². The standard InChI is InChI=1S/C16H23NO.C15H22N2.C14H21N3.3C2H6/c1-15(2,3)13-9-7-8-11-12(13)10-17(14(11)18)16(4,5)6;1-14(2,3)11-10-17-12(15(4,5)6)8-7-9-13(17)16-11;1-13(2,3)10-9-17-11(16-10)7-8-15-12(17)14(4,5)6;3*1-2/h7-9H,10H2,1-6H3;7-10H,1-6H3;7-9H,1-6H3;3*1-2H3. The van der Waals surface area contributed by atoms with Gasteiger partial charge in [-0.25, -0.2) is 15.0 Å². The van der Waals surface area contributed by atoms with Crippen molar-refractivity contribution in [2.45, 2.75) is 205 Å². The van der Waals surface area contributed by atoms with Crippen LogP contribution < -0.4 is 0 Å². The largest absolute Gasteiger partial charge is 0.329 e. The first kappa shape index (κ1) is 52.0. The van der Waals surface area contributed by atoms with Gasteiger partial charge >= 0.3 is 0 Å². The van der Waals surface area contributed by atoms with Gasteiger partial charge in [0.1, 0.15) is 17.1 Å². The maximum absolute atomic E-state index is 12.4. The van der Waals surface area contributed by atoms with Crippen molar-refractivity contribution in [3.05, 3.63) is 101 Å². The molecule has 0 atom stereocenters. The van der Waals surface area contributed by atoms with E-state index in [1.54, 1.807) is 0 Å². The van der Waals surface area contributed by atoms with Crippen LogP contribution in [0.1, 0.15) is 211 Å². The fraction of sp³-hybridized carbons (Fsp3) is 0.608. The summed E-state index contributed by atoms with van der Waals surface area (Å²) in [7, 11) is 0. The van der Waals surface area contributed by atoms with Crippen LogP contribution in [0.15, 0.2) is 61.1 Å². The Kier molecular flexibility index (Phi) is 17.8. The number of pyridine rings is 1. The lowest BCUT2D eigenvalue weighted by molar-refractivity contribution is 0.0609. The van der Waals surface area contributed by atoms with Crippen molar-refractivity contribution in [1.29, 1.82) is 0 Å². The minimum atomic E-state index is -0.120. The topological polar surface area (TPSA) is 67.8 Å². The summed E-state index contributed by atoms with van der Waals surface area (Å²) < 4.78 is 4.33. The predicted molar refractivity (Wildman–Crippen MR) is 252 cm³/mol. The Morgan fingerprint density at radius 3 is 1.41 bits per heavy atom. The molecule has 0 spiro atoms. The second-order valence-electron chi connectivity index (χ2n) is 20.5. The Morgan fingerprint density at radius 1 is 0.517 bits per heavy atom. The lowest BCUT2D eigenvalue weighted by Crippen LogP contribution is -2.41. The molecule has 1 aliphatic heterocycles. The summed E-state index contributed by atoms with van der Waals surface area (Å²) >= 11 is 0. The van der Waals surface area contributed by atoms with Gasteiger partial charge in [-0.05, 0) is 61.6 Å². The molecule has 7 nitrogen and oxygen atoms in total. The van der Waals surface area contributed by atoms with Gasteiger partial charge in [0, 0.05) is 63.6 Å². The van der Waals surface area contributed by atoms with Gasteiger partial charge in [0.2, 0.25) is 0 Å². The highest BCUT2D eigenvalue weighted by molar-refractivity contribution is 5.99. The first-order valence-electron chi connectivity index (χ1n) is 21.8. The number of amides is 1. The van der Waals surface area contributed by atoms with Crippen molar-refractivity contribution < 1.29 is 4.79 Å². The fourth-order valence-electron chi connectivity index (χ4n) is 6.40. The maximum atomic E-state index is 12.4. The first-order valence-corrected chi connectivity index (χ1v) is 21.8. The number of carbonyl (C=O) groups excluding carboxylic acids is 1. The van der Waals surface area contributed by atoms with E-state index in [2.05, 4.69) is 180 Å². The third kappa shape index (κ3) is 13.0. The molecule has 0 saturated carbocycles. The van der Waals surface area contributed by atoms with Crippen LogP contribution >= 0.6 is 0 Å². The number of nitrogens with zero attached hydrogens (tertiary/aromatic N) is 6. The molecule has 324 valence electrons. The number of fused-ring (bicyclic) bond motifs is 3. The monoisotopic (exact) mass is 797 g/mol. The molecule has 0 radical (unpaired) electrons. The first-order chi connectivity index (χ1) is 26.5. The molecule has 0 fully saturated rings. The van der Waals surface area contributed by atoms with Crippen LogP contribution in [-0.2, 0) is 33.6 Å². The molecule has 6 rings (SSSR count). The zero-order chi connectivity index (χ0) is 45.4. The smallest absolute Gasteiger partial charge is 0.254 e. The van der Waals surface area contributed by atoms with Gasteiger partial charge in [0.25, 0.3) is 5.91 Å². The van der Waals surface area contributed by atoms with E-state index >= 15 is 0 Å². The highest BCUT2D eigenvalue weighted by atomic mass is 16.2. The summed E-state index contributed by atoms with van der Waals surface area (Å²) in [5, 5.41) is 0. The van der Waals surface area contributed by atoms with E-state index in [9.17, 15) is 4.79 Å². The summed E-state index contributed by atoms with van der Waals surface area (Å²) in [5.41, 5.74) is 9.26. The van der Waals surface area contributed by atoms with Crippen LogP contribution in [0.2, 0.25) is 0 Å². The van der Waals surface area contributed by atoms with Crippen molar-refractivity contribution in [2.75, 3.05) is 0 Å². The zero-order valence-electron chi connectivity index (χ0n) is 41.6. The van der Waals surface area contributed by atoms with E-state index in [-0.39, 0.29) is 38.5 Å². The van der Waals surface area contributed by atoms with Crippen molar-refractivity contribution >= 4 is 17.2 Å². The Bertz CT molecular complexity index is 1940. The molecular formula is C51H84N6O. The van der Waals surface area contributed by atoms with Gasteiger partial charge in [-0.3, -0.25) is 9.20 Å². The van der Waals surface area contributed by atoms with Crippen LogP contribution in [0.25, 0.3) is 11.3 Å². The molecule has 58 heavy (non-hydrogen) atoms. The summed E-state index contributed by atoms with van der Waals surface area (Å²) in [4.78, 5) is 28.3. The van der Waals surface area contributed by atoms with E-state index in [0.717, 1.165) is 40.6 Å². The molecule has 0 N–H and O–H groups in total. The molecule has 0 saturated heterocycles. The number of imidazole rings is 2. The molecule has 1 aliphatic rings. The Labute approximate surface area is 355 Å². The molecular weight excluding hydrogens is 713 g/mol. The molecule has 4 aromatic heterocycles. The van der Waals surface area contributed by atoms with E-state index in [1.807, 2.05) is 70.8 Å². The highest BCUT2D eigenvalue weighted by Gasteiger charge is 2.37. The molecule has 5 aromatic rings. The van der Waals surface area contributed by atoms with Crippen molar-refractivity contribution in [3.8, 4) is 0 Å². The third-order valence-electron chi connectivity index (χ3n) is 9.44. The summed E-state index contributed by atoms with van der Waals surface area (Å²) in [6.45, 7) is 52.0. The van der Waals surface area contributed by atoms with Gasteiger partial charge in [-0.1, -0.05) is 164 Å². The van der Waals surface area contributed by atoms with Crippen molar-refractivity contribution in [1.82, 2.24) is 28.7 Å². The molecule has 0 bridgehead atoms. The lowest BCUT2D eigenvalue weighted by atomic mass is 9.83. The SMILES string of the molecule is CC.CC.CC.CC(C)(C)c1cccc2c1CN(C(C)(C)C)C2=O.CC(C)(C)c1cn2c(C(C)(C)C)cccc2n1.CC(C)(C)c1cn2c(C(C)(C)C)nccc2n1. The van der Waals surface area contributed by atoms with Gasteiger partial charge in [-0.2, -0.15) is 0 Å². The van der Waals surface area contributed by atoms with Crippen LogP contribution in [0.3, 0.4) is 0 Å². The van der Waals surface area contributed by atoms with Gasteiger partial charge < -0.3 is 9.30 Å². The molecule has 1 amide bonds.